The van der Waals surface area contributed by atoms with E-state index < -0.39 is 6.10 Å². The molecule has 1 atom stereocenters. The number of hydrogen-bond acceptors (Lipinski definition) is 4. The highest BCUT2D eigenvalue weighted by Crippen LogP contribution is 2.17. The zero-order chi connectivity index (χ0) is 18.8. The zero-order valence-electron chi connectivity index (χ0n) is 15.5. The molecule has 0 aromatic heterocycles. The highest BCUT2D eigenvalue weighted by atomic mass is 16.5. The zero-order valence-corrected chi connectivity index (χ0v) is 15.5. The minimum absolute atomic E-state index is 0.362. The van der Waals surface area contributed by atoms with Crippen molar-refractivity contribution in [1.29, 1.82) is 0 Å². The van der Waals surface area contributed by atoms with Crippen molar-refractivity contribution in [1.82, 2.24) is 10.6 Å². The maximum absolute atomic E-state index is 10.3. The van der Waals surface area contributed by atoms with Crippen molar-refractivity contribution in [2.45, 2.75) is 19.6 Å². The summed E-state index contributed by atoms with van der Waals surface area (Å²) in [5.74, 6) is 2.25. The second kappa shape index (κ2) is 10.3. The van der Waals surface area contributed by atoms with E-state index in [9.17, 15) is 5.11 Å². The fourth-order valence-corrected chi connectivity index (χ4v) is 2.38. The van der Waals surface area contributed by atoms with Gasteiger partial charge in [0.2, 0.25) is 0 Å². The Kier molecular flexibility index (Phi) is 7.76. The molecule has 26 heavy (non-hydrogen) atoms. The largest absolute Gasteiger partial charge is 0.497 e. The number of aliphatic imine (C=N–C) groups is 1. The molecule has 3 N–H and O–H groups in total. The maximum atomic E-state index is 10.3. The molecule has 2 aromatic carbocycles. The molecule has 1 unspecified atom stereocenters. The average molecular weight is 357 g/mol. The summed E-state index contributed by atoms with van der Waals surface area (Å²) < 4.78 is 10.3. The van der Waals surface area contributed by atoms with Crippen LogP contribution >= 0.6 is 0 Å². The molecule has 0 radical (unpaired) electrons. The highest BCUT2D eigenvalue weighted by molar-refractivity contribution is 5.79. The van der Waals surface area contributed by atoms with Crippen LogP contribution in [0, 0.1) is 0 Å². The summed E-state index contributed by atoms with van der Waals surface area (Å²) >= 11 is 0. The molecule has 0 spiro atoms. The first kappa shape index (κ1) is 19.6. The summed E-state index contributed by atoms with van der Waals surface area (Å²) in [4.78, 5) is 4.55. The van der Waals surface area contributed by atoms with Crippen molar-refractivity contribution in [3.8, 4) is 11.5 Å². The Morgan fingerprint density at radius 1 is 0.962 bits per heavy atom. The molecule has 0 aliphatic rings. The molecule has 2 aromatic rings. The van der Waals surface area contributed by atoms with Crippen LogP contribution in [0.1, 0.15) is 24.2 Å². The van der Waals surface area contributed by atoms with E-state index in [1.165, 1.54) is 0 Å². The van der Waals surface area contributed by atoms with E-state index in [4.69, 9.17) is 9.47 Å². The summed E-state index contributed by atoms with van der Waals surface area (Å²) in [6.07, 6.45) is -0.634. The van der Waals surface area contributed by atoms with E-state index in [2.05, 4.69) is 15.6 Å². The van der Waals surface area contributed by atoms with E-state index in [-0.39, 0.29) is 0 Å². The standard InChI is InChI=1S/C20H27N3O3/c1-4-21-20(22-13-15-5-9-17(25-2)10-6-15)23-14-19(24)16-7-11-18(26-3)12-8-16/h5-12,19,24H,4,13-14H2,1-3H3,(H2,21,22,23). The first-order chi connectivity index (χ1) is 12.7. The summed E-state index contributed by atoms with van der Waals surface area (Å²) in [6, 6.07) is 15.2. The smallest absolute Gasteiger partial charge is 0.191 e. The average Bonchev–Trinajstić information content (AvgIpc) is 2.70. The van der Waals surface area contributed by atoms with Crippen LogP contribution in [0.25, 0.3) is 0 Å². The molecule has 2 rings (SSSR count). The molecule has 0 bridgehead atoms. The lowest BCUT2D eigenvalue weighted by molar-refractivity contribution is 0.180. The van der Waals surface area contributed by atoms with Crippen molar-refractivity contribution < 1.29 is 14.6 Å². The van der Waals surface area contributed by atoms with Crippen molar-refractivity contribution in [2.24, 2.45) is 4.99 Å². The van der Waals surface area contributed by atoms with Crippen molar-refractivity contribution in [3.05, 3.63) is 59.7 Å². The summed E-state index contributed by atoms with van der Waals surface area (Å²) in [5.41, 5.74) is 1.91. The predicted octanol–water partition coefficient (Wildman–Crippen LogP) is 2.49. The molecule has 0 aliphatic heterocycles. The number of ether oxygens (including phenoxy) is 2. The normalized spacial score (nSPS) is 12.4. The van der Waals surface area contributed by atoms with Crippen LogP contribution in [0.15, 0.2) is 53.5 Å². The van der Waals surface area contributed by atoms with E-state index >= 15 is 0 Å². The second-order valence-corrected chi connectivity index (χ2v) is 5.71. The minimum Gasteiger partial charge on any atom is -0.497 e. The molecule has 0 aliphatic carbocycles. The number of methoxy groups -OCH3 is 2. The number of guanidine groups is 1. The van der Waals surface area contributed by atoms with Crippen LogP contribution in [0.3, 0.4) is 0 Å². The van der Waals surface area contributed by atoms with E-state index in [0.717, 1.165) is 29.2 Å². The third kappa shape index (κ3) is 5.97. The monoisotopic (exact) mass is 357 g/mol. The third-order valence-corrected chi connectivity index (χ3v) is 3.89. The van der Waals surface area contributed by atoms with Crippen LogP contribution in [0.4, 0.5) is 0 Å². The SMILES string of the molecule is CCNC(=NCc1ccc(OC)cc1)NCC(O)c1ccc(OC)cc1. The number of rotatable bonds is 8. The molecule has 0 saturated carbocycles. The van der Waals surface area contributed by atoms with E-state index in [1.54, 1.807) is 14.2 Å². The lowest BCUT2D eigenvalue weighted by atomic mass is 10.1. The van der Waals surface area contributed by atoms with Crippen LogP contribution < -0.4 is 20.1 Å². The van der Waals surface area contributed by atoms with Gasteiger partial charge < -0.3 is 25.2 Å². The molecule has 140 valence electrons. The quantitative estimate of drug-likeness (QED) is 0.500. The van der Waals surface area contributed by atoms with Gasteiger partial charge in [0.1, 0.15) is 11.5 Å². The van der Waals surface area contributed by atoms with Gasteiger partial charge in [-0.05, 0) is 42.3 Å². The molecule has 0 heterocycles. The number of benzene rings is 2. The lowest BCUT2D eigenvalue weighted by Gasteiger charge is -2.16. The molecule has 6 nitrogen and oxygen atoms in total. The van der Waals surface area contributed by atoms with Crippen molar-refractivity contribution in [2.75, 3.05) is 27.3 Å². The van der Waals surface area contributed by atoms with Gasteiger partial charge >= 0.3 is 0 Å². The summed E-state index contributed by atoms with van der Waals surface area (Å²) in [7, 11) is 3.27. The Morgan fingerprint density at radius 3 is 2.08 bits per heavy atom. The van der Waals surface area contributed by atoms with Crippen LogP contribution in [0.5, 0.6) is 11.5 Å². The van der Waals surface area contributed by atoms with E-state index in [1.807, 2.05) is 55.5 Å². The highest BCUT2D eigenvalue weighted by Gasteiger charge is 2.08. The number of aliphatic hydroxyl groups is 1. The van der Waals surface area contributed by atoms with Crippen LogP contribution in [-0.4, -0.2) is 38.4 Å². The van der Waals surface area contributed by atoms with Gasteiger partial charge in [-0.2, -0.15) is 0 Å². The van der Waals surface area contributed by atoms with Gasteiger partial charge in [-0.3, -0.25) is 0 Å². The number of nitrogens with zero attached hydrogens (tertiary/aromatic N) is 1. The Bertz CT molecular complexity index is 684. The topological polar surface area (TPSA) is 75.1 Å². The van der Waals surface area contributed by atoms with Crippen molar-refractivity contribution in [3.63, 3.8) is 0 Å². The number of aliphatic hydroxyl groups excluding tert-OH is 1. The summed E-state index contributed by atoms with van der Waals surface area (Å²) in [5, 5.41) is 16.7. The van der Waals surface area contributed by atoms with Crippen LogP contribution in [0.2, 0.25) is 0 Å². The Labute approximate surface area is 154 Å². The lowest BCUT2D eigenvalue weighted by Crippen LogP contribution is -2.39. The van der Waals surface area contributed by atoms with Gasteiger partial charge in [0, 0.05) is 13.1 Å². The second-order valence-electron chi connectivity index (χ2n) is 5.71. The maximum Gasteiger partial charge on any atom is 0.191 e. The number of nitrogens with one attached hydrogen (secondary N) is 2. The molecular formula is C20H27N3O3. The minimum atomic E-state index is -0.634. The molecule has 0 saturated heterocycles. The Hall–Kier alpha value is -2.73. The van der Waals surface area contributed by atoms with E-state index in [0.29, 0.717) is 19.0 Å². The third-order valence-electron chi connectivity index (χ3n) is 3.89. The fourth-order valence-electron chi connectivity index (χ4n) is 2.38. The first-order valence-corrected chi connectivity index (χ1v) is 8.63. The Morgan fingerprint density at radius 2 is 1.54 bits per heavy atom. The van der Waals surface area contributed by atoms with Gasteiger partial charge in [-0.1, -0.05) is 24.3 Å². The summed E-state index contributed by atoms with van der Waals surface area (Å²) in [6.45, 7) is 3.65. The van der Waals surface area contributed by atoms with Gasteiger partial charge in [-0.25, -0.2) is 4.99 Å². The van der Waals surface area contributed by atoms with Gasteiger partial charge in [0.05, 0.1) is 26.9 Å². The molecule has 0 fully saturated rings. The van der Waals surface area contributed by atoms with Gasteiger partial charge in [0.25, 0.3) is 0 Å². The number of hydrogen-bond donors (Lipinski definition) is 3. The van der Waals surface area contributed by atoms with Gasteiger partial charge in [0.15, 0.2) is 5.96 Å². The first-order valence-electron chi connectivity index (χ1n) is 8.63. The van der Waals surface area contributed by atoms with Crippen LogP contribution in [-0.2, 0) is 6.54 Å². The molecular weight excluding hydrogens is 330 g/mol. The molecule has 6 heteroatoms. The van der Waals surface area contributed by atoms with Crippen molar-refractivity contribution >= 4 is 5.96 Å². The predicted molar refractivity (Wildman–Crippen MR) is 104 cm³/mol. The molecule has 0 amide bonds. The Balaban J connectivity index is 1.92. The van der Waals surface area contributed by atoms with Gasteiger partial charge in [-0.15, -0.1) is 0 Å². The fraction of sp³-hybridized carbons (Fsp3) is 0.350.